The lowest BCUT2D eigenvalue weighted by molar-refractivity contribution is -0.121. The van der Waals surface area contributed by atoms with E-state index in [-0.39, 0.29) is 11.5 Å². The van der Waals surface area contributed by atoms with E-state index in [1.807, 2.05) is 0 Å². The van der Waals surface area contributed by atoms with Crippen LogP contribution in [0.1, 0.15) is 44.2 Å². The van der Waals surface area contributed by atoms with Crippen LogP contribution in [0.4, 0.5) is 0 Å². The monoisotopic (exact) mass is 288 g/mol. The predicted octanol–water partition coefficient (Wildman–Crippen LogP) is 2.16. The number of rotatable bonds is 6. The van der Waals surface area contributed by atoms with Crippen LogP contribution in [-0.2, 0) is 17.8 Å². The summed E-state index contributed by atoms with van der Waals surface area (Å²) in [5, 5.41) is 6.34. The summed E-state index contributed by atoms with van der Waals surface area (Å²) in [4.78, 5) is 11.6. The lowest BCUT2D eigenvalue weighted by atomic mass is 10.0. The van der Waals surface area contributed by atoms with E-state index in [0.29, 0.717) is 19.0 Å². The van der Waals surface area contributed by atoms with Crippen LogP contribution in [0.25, 0.3) is 0 Å². The molecule has 1 saturated carbocycles. The van der Waals surface area contributed by atoms with Gasteiger partial charge >= 0.3 is 0 Å². The molecule has 1 amide bonds. The van der Waals surface area contributed by atoms with Gasteiger partial charge in [0.05, 0.1) is 0 Å². The number of para-hydroxylation sites is 1. The van der Waals surface area contributed by atoms with Gasteiger partial charge in [-0.15, -0.1) is 0 Å². The molecule has 1 aromatic rings. The van der Waals surface area contributed by atoms with E-state index in [2.05, 4.69) is 42.7 Å². The number of carbonyl (C=O) groups is 1. The maximum absolute atomic E-state index is 11.6. The first-order valence-corrected chi connectivity index (χ1v) is 7.83. The fourth-order valence-corrected chi connectivity index (χ4v) is 2.77. The number of carbonyl (C=O) groups excluding carboxylic acids is 1. The van der Waals surface area contributed by atoms with Crippen LogP contribution >= 0.6 is 0 Å². The summed E-state index contributed by atoms with van der Waals surface area (Å²) in [5.41, 5.74) is 2.36. The molecule has 2 N–H and O–H groups in total. The number of ether oxygens (including phenoxy) is 1. The fraction of sp³-hybridized carbons (Fsp3) is 0.588. The Bertz CT molecular complexity index is 536. The van der Waals surface area contributed by atoms with Crippen molar-refractivity contribution in [3.63, 3.8) is 0 Å². The molecule has 4 nitrogen and oxygen atoms in total. The molecule has 1 aromatic carbocycles. The Kier molecular flexibility index (Phi) is 3.89. The molecule has 1 heterocycles. The van der Waals surface area contributed by atoms with Crippen molar-refractivity contribution in [3.05, 3.63) is 29.3 Å². The van der Waals surface area contributed by atoms with Crippen LogP contribution in [0.5, 0.6) is 5.75 Å². The molecule has 0 saturated heterocycles. The molecule has 1 fully saturated rings. The first-order valence-electron chi connectivity index (χ1n) is 7.83. The van der Waals surface area contributed by atoms with E-state index in [1.54, 1.807) is 0 Å². The first kappa shape index (κ1) is 14.4. The summed E-state index contributed by atoms with van der Waals surface area (Å²) in [6, 6.07) is 6.76. The molecular formula is C17H24N2O2. The predicted molar refractivity (Wildman–Crippen MR) is 82.3 cm³/mol. The Morgan fingerprint density at radius 2 is 2.19 bits per heavy atom. The average molecular weight is 288 g/mol. The van der Waals surface area contributed by atoms with Crippen molar-refractivity contribution in [1.29, 1.82) is 0 Å². The molecule has 2 aliphatic rings. The van der Waals surface area contributed by atoms with E-state index in [9.17, 15) is 4.79 Å². The molecule has 0 unspecified atom stereocenters. The molecule has 21 heavy (non-hydrogen) atoms. The van der Waals surface area contributed by atoms with Crippen molar-refractivity contribution in [2.45, 2.75) is 57.7 Å². The minimum atomic E-state index is -0.109. The van der Waals surface area contributed by atoms with Crippen molar-refractivity contribution >= 4 is 5.91 Å². The zero-order valence-corrected chi connectivity index (χ0v) is 12.9. The highest BCUT2D eigenvalue weighted by Crippen LogP contribution is 2.37. The van der Waals surface area contributed by atoms with E-state index < -0.39 is 0 Å². The van der Waals surface area contributed by atoms with Crippen LogP contribution < -0.4 is 15.4 Å². The highest BCUT2D eigenvalue weighted by atomic mass is 16.5. The zero-order valence-electron chi connectivity index (χ0n) is 12.9. The summed E-state index contributed by atoms with van der Waals surface area (Å²) < 4.78 is 6.05. The number of benzene rings is 1. The normalized spacial score (nSPS) is 19.0. The van der Waals surface area contributed by atoms with Crippen LogP contribution in [0.3, 0.4) is 0 Å². The topological polar surface area (TPSA) is 50.4 Å². The van der Waals surface area contributed by atoms with Gasteiger partial charge in [0.25, 0.3) is 0 Å². The summed E-state index contributed by atoms with van der Waals surface area (Å²) >= 11 is 0. The number of hydrogen-bond donors (Lipinski definition) is 2. The average Bonchev–Trinajstić information content (AvgIpc) is 3.15. The van der Waals surface area contributed by atoms with Crippen molar-refractivity contribution < 1.29 is 9.53 Å². The van der Waals surface area contributed by atoms with Crippen molar-refractivity contribution in [2.24, 2.45) is 0 Å². The second-order valence-electron chi connectivity index (χ2n) is 6.71. The second-order valence-corrected chi connectivity index (χ2v) is 6.71. The zero-order chi connectivity index (χ0) is 14.9. The van der Waals surface area contributed by atoms with Gasteiger partial charge in [0.15, 0.2) is 0 Å². The Balaban J connectivity index is 1.48. The van der Waals surface area contributed by atoms with Gasteiger partial charge in [-0.2, -0.15) is 0 Å². The Labute approximate surface area is 126 Å². The molecule has 4 heteroatoms. The summed E-state index contributed by atoms with van der Waals surface area (Å²) in [6.07, 6.45) is 3.78. The lowest BCUT2D eigenvalue weighted by Crippen LogP contribution is -2.29. The minimum absolute atomic E-state index is 0.109. The second kappa shape index (κ2) is 5.68. The Morgan fingerprint density at radius 3 is 2.95 bits per heavy atom. The van der Waals surface area contributed by atoms with Gasteiger partial charge in [0, 0.05) is 37.5 Å². The van der Waals surface area contributed by atoms with Gasteiger partial charge < -0.3 is 15.4 Å². The summed E-state index contributed by atoms with van der Waals surface area (Å²) in [5.74, 6) is 1.18. The molecule has 3 rings (SSSR count). The molecule has 1 aliphatic heterocycles. The Hall–Kier alpha value is -1.55. The third-order valence-corrected chi connectivity index (χ3v) is 3.96. The van der Waals surface area contributed by atoms with Gasteiger partial charge in [0.2, 0.25) is 5.91 Å². The van der Waals surface area contributed by atoms with Gasteiger partial charge in [-0.1, -0.05) is 18.2 Å². The standard InChI is InChI=1S/C17H24N2O2/c1-17(2)10-12-4-3-5-13(16(12)21-17)11-18-9-8-15(20)19-14-6-7-14/h3-5,14,18H,6-11H2,1-2H3,(H,19,20). The third kappa shape index (κ3) is 3.76. The first-order chi connectivity index (χ1) is 10.0. The van der Waals surface area contributed by atoms with E-state index >= 15 is 0 Å². The molecule has 0 atom stereocenters. The molecule has 114 valence electrons. The third-order valence-electron chi connectivity index (χ3n) is 3.96. The van der Waals surface area contributed by atoms with Crippen molar-refractivity contribution in [3.8, 4) is 5.75 Å². The van der Waals surface area contributed by atoms with Gasteiger partial charge in [-0.05, 0) is 32.3 Å². The molecule has 0 aromatic heterocycles. The fourth-order valence-electron chi connectivity index (χ4n) is 2.77. The maximum atomic E-state index is 11.6. The number of amides is 1. The maximum Gasteiger partial charge on any atom is 0.221 e. The quantitative estimate of drug-likeness (QED) is 0.789. The number of fused-ring (bicyclic) bond motifs is 1. The molecule has 1 aliphatic carbocycles. The van der Waals surface area contributed by atoms with Crippen LogP contribution in [0.15, 0.2) is 18.2 Å². The minimum Gasteiger partial charge on any atom is -0.487 e. The van der Waals surface area contributed by atoms with E-state index in [4.69, 9.17) is 4.74 Å². The highest BCUT2D eigenvalue weighted by molar-refractivity contribution is 5.76. The molecule has 0 bridgehead atoms. The molecule has 0 spiro atoms. The Morgan fingerprint density at radius 1 is 1.38 bits per heavy atom. The SMILES string of the molecule is CC1(C)Cc2cccc(CNCCC(=O)NC3CC3)c2O1. The van der Waals surface area contributed by atoms with Crippen molar-refractivity contribution in [1.82, 2.24) is 10.6 Å². The van der Waals surface area contributed by atoms with Crippen LogP contribution in [0.2, 0.25) is 0 Å². The van der Waals surface area contributed by atoms with Crippen LogP contribution in [0, 0.1) is 0 Å². The highest BCUT2D eigenvalue weighted by Gasteiger charge is 2.31. The number of nitrogens with one attached hydrogen (secondary N) is 2. The van der Waals surface area contributed by atoms with Crippen molar-refractivity contribution in [2.75, 3.05) is 6.54 Å². The van der Waals surface area contributed by atoms with E-state index in [0.717, 1.165) is 31.6 Å². The number of hydrogen-bond acceptors (Lipinski definition) is 3. The summed E-state index contributed by atoms with van der Waals surface area (Å²) in [6.45, 7) is 5.68. The molecular weight excluding hydrogens is 264 g/mol. The van der Waals surface area contributed by atoms with Gasteiger partial charge in [-0.3, -0.25) is 4.79 Å². The smallest absolute Gasteiger partial charge is 0.221 e. The van der Waals surface area contributed by atoms with Gasteiger partial charge in [0.1, 0.15) is 11.4 Å². The van der Waals surface area contributed by atoms with Crippen LogP contribution in [-0.4, -0.2) is 24.1 Å². The summed E-state index contributed by atoms with van der Waals surface area (Å²) in [7, 11) is 0. The molecule has 0 radical (unpaired) electrons. The van der Waals surface area contributed by atoms with Gasteiger partial charge in [-0.25, -0.2) is 0 Å². The van der Waals surface area contributed by atoms with E-state index in [1.165, 1.54) is 11.1 Å². The largest absolute Gasteiger partial charge is 0.487 e. The lowest BCUT2D eigenvalue weighted by Gasteiger charge is -2.18.